The van der Waals surface area contributed by atoms with E-state index < -0.39 is 11.9 Å². The predicted octanol–water partition coefficient (Wildman–Crippen LogP) is 4.64. The molecule has 2 aromatic carbocycles. The maximum Gasteiger partial charge on any atom is 0.339 e. The third-order valence-electron chi connectivity index (χ3n) is 5.96. The molecule has 1 saturated carbocycles. The van der Waals surface area contributed by atoms with Crippen LogP contribution >= 0.6 is 24.0 Å². The molecule has 1 aliphatic heterocycles. The predicted molar refractivity (Wildman–Crippen MR) is 142 cm³/mol. The molecule has 1 N–H and O–H groups in total. The third-order valence-corrected chi connectivity index (χ3v) is 7.29. The van der Waals surface area contributed by atoms with E-state index in [0.717, 1.165) is 31.2 Å². The Morgan fingerprint density at radius 2 is 1.89 bits per heavy atom. The van der Waals surface area contributed by atoms with Crippen LogP contribution in [0.25, 0.3) is 6.08 Å². The van der Waals surface area contributed by atoms with Crippen molar-refractivity contribution in [2.75, 3.05) is 26.1 Å². The number of amides is 2. The highest BCUT2D eigenvalue weighted by atomic mass is 32.2. The second kappa shape index (κ2) is 11.6. The Hall–Kier alpha value is -3.37. The normalized spacial score (nSPS) is 16.9. The van der Waals surface area contributed by atoms with Crippen LogP contribution < -0.4 is 14.8 Å². The van der Waals surface area contributed by atoms with E-state index in [4.69, 9.17) is 26.4 Å². The molecule has 1 saturated heterocycles. The molecule has 4 rings (SSSR count). The number of methoxy groups -OCH3 is 2. The van der Waals surface area contributed by atoms with Crippen molar-refractivity contribution in [3.05, 3.63) is 58.5 Å². The molecular weight excluding hydrogens is 500 g/mol. The van der Waals surface area contributed by atoms with E-state index >= 15 is 0 Å². The number of nitrogens with zero attached hydrogens (tertiary/aromatic N) is 1. The second-order valence-corrected chi connectivity index (χ2v) is 9.95. The van der Waals surface area contributed by atoms with Crippen LogP contribution in [0.1, 0.15) is 41.6 Å². The first-order chi connectivity index (χ1) is 17.4. The van der Waals surface area contributed by atoms with E-state index in [2.05, 4.69) is 5.32 Å². The number of esters is 1. The van der Waals surface area contributed by atoms with Crippen molar-refractivity contribution in [3.8, 4) is 11.5 Å². The molecule has 2 aliphatic rings. The van der Waals surface area contributed by atoms with Crippen molar-refractivity contribution in [3.63, 3.8) is 0 Å². The van der Waals surface area contributed by atoms with Crippen LogP contribution in [0.2, 0.25) is 0 Å². The summed E-state index contributed by atoms with van der Waals surface area (Å²) >= 11 is 6.78. The van der Waals surface area contributed by atoms with Crippen molar-refractivity contribution < 1.29 is 28.6 Å². The monoisotopic (exact) mass is 526 g/mol. The first-order valence-corrected chi connectivity index (χ1v) is 12.7. The molecule has 10 heteroatoms. The number of carbonyl (C=O) groups is 3. The molecule has 0 aromatic heterocycles. The molecule has 0 bridgehead atoms. The highest BCUT2D eigenvalue weighted by Gasteiger charge is 2.38. The number of anilines is 1. The summed E-state index contributed by atoms with van der Waals surface area (Å²) in [6, 6.07) is 11.9. The zero-order valence-corrected chi connectivity index (χ0v) is 21.6. The maximum atomic E-state index is 13.0. The Balaban J connectivity index is 1.42. The molecule has 0 radical (unpaired) electrons. The van der Waals surface area contributed by atoms with Gasteiger partial charge in [0, 0.05) is 6.04 Å². The van der Waals surface area contributed by atoms with Gasteiger partial charge in [-0.05, 0) is 48.7 Å². The van der Waals surface area contributed by atoms with Gasteiger partial charge in [-0.3, -0.25) is 14.5 Å². The number of thioether (sulfide) groups is 1. The summed E-state index contributed by atoms with van der Waals surface area (Å²) < 4.78 is 16.5. The Labute approximate surface area is 219 Å². The SMILES string of the molecule is COC(=O)c1ccccc1NC(=O)COc1ccc(C=C2SC(=S)N(C3CCCC3)C2=O)cc1OC. The van der Waals surface area contributed by atoms with Gasteiger partial charge in [0.05, 0.1) is 30.4 Å². The standard InChI is InChI=1S/C26H26N2O6S2/c1-32-21-13-16(14-22-24(30)28(26(35)36-22)17-7-3-4-8-17)11-12-20(21)34-15-23(29)27-19-10-6-5-9-18(19)25(31)33-2/h5-6,9-14,17H,3-4,7-8,15H2,1-2H3,(H,27,29). The Morgan fingerprint density at radius 3 is 2.61 bits per heavy atom. The van der Waals surface area contributed by atoms with Gasteiger partial charge >= 0.3 is 5.97 Å². The lowest BCUT2D eigenvalue weighted by molar-refractivity contribution is -0.123. The minimum Gasteiger partial charge on any atom is -0.493 e. The molecule has 1 aliphatic carbocycles. The van der Waals surface area contributed by atoms with Crippen molar-refractivity contribution >= 4 is 57.8 Å². The number of carbonyl (C=O) groups excluding carboxylic acids is 3. The van der Waals surface area contributed by atoms with Crippen LogP contribution in [-0.2, 0) is 14.3 Å². The van der Waals surface area contributed by atoms with Gasteiger partial charge in [0.1, 0.15) is 4.32 Å². The number of para-hydroxylation sites is 1. The number of thiocarbonyl (C=S) groups is 1. The molecule has 36 heavy (non-hydrogen) atoms. The number of rotatable bonds is 8. The smallest absolute Gasteiger partial charge is 0.339 e. The van der Waals surface area contributed by atoms with Crippen LogP contribution in [0.5, 0.6) is 11.5 Å². The molecule has 0 unspecified atom stereocenters. The fourth-order valence-corrected chi connectivity index (χ4v) is 5.61. The summed E-state index contributed by atoms with van der Waals surface area (Å²) in [7, 11) is 2.77. The van der Waals surface area contributed by atoms with E-state index in [1.165, 1.54) is 26.0 Å². The summed E-state index contributed by atoms with van der Waals surface area (Å²) in [5, 5.41) is 2.66. The minimum absolute atomic E-state index is 0.0555. The highest BCUT2D eigenvalue weighted by Crippen LogP contribution is 2.38. The summed E-state index contributed by atoms with van der Waals surface area (Å²) in [4.78, 5) is 39.6. The molecule has 2 fully saturated rings. The maximum absolute atomic E-state index is 13.0. The van der Waals surface area contributed by atoms with Gasteiger partial charge in [-0.15, -0.1) is 0 Å². The van der Waals surface area contributed by atoms with Gasteiger partial charge in [-0.1, -0.05) is 55.0 Å². The van der Waals surface area contributed by atoms with Crippen LogP contribution in [-0.4, -0.2) is 53.9 Å². The van der Waals surface area contributed by atoms with Gasteiger partial charge in [0.15, 0.2) is 18.1 Å². The Kier molecular flexibility index (Phi) is 8.27. The van der Waals surface area contributed by atoms with Gasteiger partial charge < -0.3 is 19.5 Å². The highest BCUT2D eigenvalue weighted by molar-refractivity contribution is 8.26. The van der Waals surface area contributed by atoms with Gasteiger partial charge in [0.2, 0.25) is 0 Å². The van der Waals surface area contributed by atoms with Crippen LogP contribution in [0, 0.1) is 0 Å². The molecule has 188 valence electrons. The summed E-state index contributed by atoms with van der Waals surface area (Å²) in [6.07, 6.45) is 6.00. The first kappa shape index (κ1) is 25.7. The summed E-state index contributed by atoms with van der Waals surface area (Å²) in [5.74, 6) is -0.278. The average Bonchev–Trinajstić information content (AvgIpc) is 3.50. The quantitative estimate of drug-likeness (QED) is 0.302. The van der Waals surface area contributed by atoms with E-state index in [1.54, 1.807) is 53.4 Å². The molecule has 0 spiro atoms. The largest absolute Gasteiger partial charge is 0.493 e. The average molecular weight is 527 g/mol. The Bertz CT molecular complexity index is 1220. The van der Waals surface area contributed by atoms with E-state index in [0.29, 0.717) is 26.4 Å². The van der Waals surface area contributed by atoms with E-state index in [9.17, 15) is 14.4 Å². The number of hydrogen-bond donors (Lipinski definition) is 1. The molecule has 8 nitrogen and oxygen atoms in total. The second-order valence-electron chi connectivity index (χ2n) is 8.27. The number of hydrogen-bond acceptors (Lipinski definition) is 8. The van der Waals surface area contributed by atoms with Gasteiger partial charge in [-0.2, -0.15) is 0 Å². The van der Waals surface area contributed by atoms with Gasteiger partial charge in [-0.25, -0.2) is 4.79 Å². The lowest BCUT2D eigenvalue weighted by atomic mass is 10.1. The fourth-order valence-electron chi connectivity index (χ4n) is 4.21. The van der Waals surface area contributed by atoms with Crippen LogP contribution in [0.3, 0.4) is 0 Å². The number of ether oxygens (including phenoxy) is 3. The zero-order chi connectivity index (χ0) is 25.7. The Morgan fingerprint density at radius 1 is 1.14 bits per heavy atom. The van der Waals surface area contributed by atoms with E-state index in [1.807, 2.05) is 0 Å². The molecular formula is C26H26N2O6S2. The minimum atomic E-state index is -0.552. The van der Waals surface area contributed by atoms with Crippen LogP contribution in [0.4, 0.5) is 5.69 Å². The lowest BCUT2D eigenvalue weighted by Crippen LogP contribution is -2.36. The summed E-state index contributed by atoms with van der Waals surface area (Å²) in [5.41, 5.74) is 1.33. The third kappa shape index (κ3) is 5.71. The van der Waals surface area contributed by atoms with E-state index in [-0.39, 0.29) is 24.1 Å². The molecule has 2 amide bonds. The summed E-state index contributed by atoms with van der Waals surface area (Å²) in [6.45, 7) is -0.300. The van der Waals surface area contributed by atoms with Crippen molar-refractivity contribution in [2.45, 2.75) is 31.7 Å². The first-order valence-electron chi connectivity index (χ1n) is 11.5. The number of benzene rings is 2. The van der Waals surface area contributed by atoms with Crippen molar-refractivity contribution in [2.24, 2.45) is 0 Å². The van der Waals surface area contributed by atoms with Gasteiger partial charge in [0.25, 0.3) is 11.8 Å². The van der Waals surface area contributed by atoms with Crippen molar-refractivity contribution in [1.82, 2.24) is 4.90 Å². The lowest BCUT2D eigenvalue weighted by Gasteiger charge is -2.21. The molecule has 2 aromatic rings. The molecule has 1 heterocycles. The fraction of sp³-hybridized carbons (Fsp3) is 0.308. The number of nitrogens with one attached hydrogen (secondary N) is 1. The van der Waals surface area contributed by atoms with Crippen LogP contribution in [0.15, 0.2) is 47.4 Å². The molecule has 0 atom stereocenters. The topological polar surface area (TPSA) is 94.2 Å². The van der Waals surface area contributed by atoms with Crippen molar-refractivity contribution in [1.29, 1.82) is 0 Å². The zero-order valence-electron chi connectivity index (χ0n) is 19.9.